The summed E-state index contributed by atoms with van der Waals surface area (Å²) in [6, 6.07) is 0. The molecule has 0 aromatic heterocycles. The van der Waals surface area contributed by atoms with E-state index in [0.717, 1.165) is 0 Å². The van der Waals surface area contributed by atoms with Gasteiger partial charge >= 0.3 is 5.97 Å². The van der Waals surface area contributed by atoms with Crippen molar-refractivity contribution in [1.29, 1.82) is 0 Å². The Kier molecular flexibility index (Phi) is 5.03. The van der Waals surface area contributed by atoms with Gasteiger partial charge in [0, 0.05) is 6.92 Å². The van der Waals surface area contributed by atoms with E-state index in [2.05, 4.69) is 0 Å². The highest BCUT2D eigenvalue weighted by molar-refractivity contribution is 6.56. The highest BCUT2D eigenvalue weighted by atomic mass is 35.5. The standard InChI is InChI=1S/C16H22Cl2O7/c1-7(19)21-11-12-10(22-13(11)14(17)18)9(24-16(4,5)25-12)8-6-20-15(2,3)23-8/h8-12H,6H2,1-5H3/t8-,9-,10+,11-,12-/m1/s1. The zero-order chi connectivity index (χ0) is 18.6. The number of carbonyl (C=O) groups excluding carboxylic acids is 1. The number of rotatable bonds is 2. The van der Waals surface area contributed by atoms with Gasteiger partial charge in [-0.1, -0.05) is 23.2 Å². The van der Waals surface area contributed by atoms with Gasteiger partial charge < -0.3 is 28.4 Å². The van der Waals surface area contributed by atoms with Crippen LogP contribution in [0.3, 0.4) is 0 Å². The van der Waals surface area contributed by atoms with Gasteiger partial charge in [0.2, 0.25) is 0 Å². The molecule has 0 aromatic rings. The third-order valence-corrected chi connectivity index (χ3v) is 4.56. The lowest BCUT2D eigenvalue weighted by atomic mass is 9.98. The zero-order valence-electron chi connectivity index (χ0n) is 14.7. The Balaban J connectivity index is 1.92. The Morgan fingerprint density at radius 3 is 2.20 bits per heavy atom. The van der Waals surface area contributed by atoms with Crippen LogP contribution in [0.15, 0.2) is 10.3 Å². The van der Waals surface area contributed by atoms with Crippen LogP contribution in [0, 0.1) is 0 Å². The third-order valence-electron chi connectivity index (χ3n) is 4.18. The van der Waals surface area contributed by atoms with E-state index >= 15 is 0 Å². The van der Waals surface area contributed by atoms with Crippen molar-refractivity contribution in [2.45, 2.75) is 76.7 Å². The van der Waals surface area contributed by atoms with E-state index in [1.165, 1.54) is 6.92 Å². The number of esters is 1. The summed E-state index contributed by atoms with van der Waals surface area (Å²) in [5.74, 6) is -2.01. The molecule has 0 spiro atoms. The molecule has 0 amide bonds. The summed E-state index contributed by atoms with van der Waals surface area (Å²) in [5.41, 5.74) is 0. The van der Waals surface area contributed by atoms with Crippen LogP contribution in [0.2, 0.25) is 0 Å². The Labute approximate surface area is 156 Å². The second kappa shape index (κ2) is 6.55. The number of fused-ring (bicyclic) bond motifs is 1. The number of hydrogen-bond acceptors (Lipinski definition) is 7. The van der Waals surface area contributed by atoms with E-state index in [1.54, 1.807) is 13.8 Å². The Hall–Kier alpha value is -0.570. The molecule has 0 N–H and O–H groups in total. The van der Waals surface area contributed by atoms with E-state index in [1.807, 2.05) is 13.8 Å². The fraction of sp³-hybridized carbons (Fsp3) is 0.812. The van der Waals surface area contributed by atoms with Gasteiger partial charge in [0.15, 0.2) is 29.5 Å². The minimum absolute atomic E-state index is 0.121. The average Bonchev–Trinajstić information content (AvgIpc) is 2.98. The minimum atomic E-state index is -0.947. The van der Waals surface area contributed by atoms with Crippen LogP contribution >= 0.6 is 23.2 Å². The van der Waals surface area contributed by atoms with Crippen LogP contribution in [0.1, 0.15) is 34.6 Å². The molecule has 0 unspecified atom stereocenters. The fourth-order valence-electron chi connectivity index (χ4n) is 3.35. The molecular formula is C16H22Cl2O7. The molecular weight excluding hydrogens is 375 g/mol. The first kappa shape index (κ1) is 19.2. The molecule has 25 heavy (non-hydrogen) atoms. The SMILES string of the molecule is CC(=O)O[C@H]1C(=C(Cl)Cl)O[C@@H]2[C@H]1OC(C)(C)O[C@@H]2[C@H]1COC(C)(C)O1. The predicted molar refractivity (Wildman–Crippen MR) is 87.9 cm³/mol. The summed E-state index contributed by atoms with van der Waals surface area (Å²) < 4.78 is 34.7. The van der Waals surface area contributed by atoms with Crippen molar-refractivity contribution in [3.8, 4) is 0 Å². The molecule has 0 aliphatic carbocycles. The number of hydrogen-bond donors (Lipinski definition) is 0. The average molecular weight is 397 g/mol. The van der Waals surface area contributed by atoms with E-state index in [9.17, 15) is 4.79 Å². The van der Waals surface area contributed by atoms with Gasteiger partial charge in [-0.05, 0) is 27.7 Å². The number of carbonyl (C=O) groups is 1. The molecule has 0 radical (unpaired) electrons. The summed E-state index contributed by atoms with van der Waals surface area (Å²) in [7, 11) is 0. The molecule has 3 fully saturated rings. The highest BCUT2D eigenvalue weighted by Crippen LogP contribution is 2.44. The Morgan fingerprint density at radius 1 is 1.04 bits per heavy atom. The van der Waals surface area contributed by atoms with Crippen LogP contribution < -0.4 is 0 Å². The van der Waals surface area contributed by atoms with Crippen molar-refractivity contribution in [3.63, 3.8) is 0 Å². The van der Waals surface area contributed by atoms with Crippen molar-refractivity contribution >= 4 is 29.2 Å². The first-order valence-electron chi connectivity index (χ1n) is 8.05. The second-order valence-corrected chi connectivity index (χ2v) is 8.12. The topological polar surface area (TPSA) is 72.5 Å². The maximum absolute atomic E-state index is 11.5. The van der Waals surface area contributed by atoms with Crippen molar-refractivity contribution in [2.75, 3.05) is 6.61 Å². The molecule has 3 aliphatic rings. The normalized spacial score (nSPS) is 38.8. The minimum Gasteiger partial charge on any atom is -0.482 e. The quantitative estimate of drug-likeness (QED) is 0.664. The Morgan fingerprint density at radius 2 is 1.68 bits per heavy atom. The molecule has 3 rings (SSSR count). The van der Waals surface area contributed by atoms with Gasteiger partial charge in [0.25, 0.3) is 0 Å². The van der Waals surface area contributed by atoms with Gasteiger partial charge in [-0.15, -0.1) is 0 Å². The van der Waals surface area contributed by atoms with Gasteiger partial charge in [-0.25, -0.2) is 0 Å². The van der Waals surface area contributed by atoms with Crippen LogP contribution in [0.5, 0.6) is 0 Å². The molecule has 142 valence electrons. The van der Waals surface area contributed by atoms with Gasteiger partial charge in [0.05, 0.1) is 6.61 Å². The van der Waals surface area contributed by atoms with Crippen molar-refractivity contribution < 1.29 is 33.2 Å². The monoisotopic (exact) mass is 396 g/mol. The number of halogens is 2. The van der Waals surface area contributed by atoms with Crippen LogP contribution in [-0.2, 0) is 33.2 Å². The van der Waals surface area contributed by atoms with Gasteiger partial charge in [-0.2, -0.15) is 0 Å². The molecule has 3 saturated heterocycles. The molecule has 3 heterocycles. The van der Waals surface area contributed by atoms with E-state index in [-0.39, 0.29) is 16.4 Å². The molecule has 3 aliphatic heterocycles. The zero-order valence-corrected chi connectivity index (χ0v) is 16.2. The van der Waals surface area contributed by atoms with Crippen molar-refractivity contribution in [1.82, 2.24) is 0 Å². The van der Waals surface area contributed by atoms with Crippen molar-refractivity contribution in [3.05, 3.63) is 10.3 Å². The lowest BCUT2D eigenvalue weighted by molar-refractivity contribution is -0.342. The van der Waals surface area contributed by atoms with E-state index in [0.29, 0.717) is 6.61 Å². The molecule has 0 saturated carbocycles. The molecule has 0 bridgehead atoms. The molecule has 9 heteroatoms. The summed E-state index contributed by atoms with van der Waals surface area (Å²) >= 11 is 11.9. The maximum Gasteiger partial charge on any atom is 0.303 e. The fourth-order valence-corrected chi connectivity index (χ4v) is 3.66. The molecule has 5 atom stereocenters. The van der Waals surface area contributed by atoms with Crippen LogP contribution in [0.4, 0.5) is 0 Å². The summed E-state index contributed by atoms with van der Waals surface area (Å²) in [6.45, 7) is 8.83. The molecule has 7 nitrogen and oxygen atoms in total. The summed E-state index contributed by atoms with van der Waals surface area (Å²) in [5, 5.41) is 0. The summed E-state index contributed by atoms with van der Waals surface area (Å²) in [6.07, 6.45) is -2.99. The first-order valence-corrected chi connectivity index (χ1v) is 8.81. The molecule has 0 aromatic carbocycles. The smallest absolute Gasteiger partial charge is 0.303 e. The maximum atomic E-state index is 11.5. The predicted octanol–water partition coefficient (Wildman–Crippen LogP) is 2.64. The summed E-state index contributed by atoms with van der Waals surface area (Å²) in [4.78, 5) is 11.5. The van der Waals surface area contributed by atoms with Gasteiger partial charge in [0.1, 0.15) is 22.8 Å². The van der Waals surface area contributed by atoms with E-state index < -0.39 is 42.0 Å². The van der Waals surface area contributed by atoms with E-state index in [4.69, 9.17) is 51.6 Å². The highest BCUT2D eigenvalue weighted by Gasteiger charge is 2.59. The van der Waals surface area contributed by atoms with Crippen molar-refractivity contribution in [2.24, 2.45) is 0 Å². The van der Waals surface area contributed by atoms with Crippen LogP contribution in [0.25, 0.3) is 0 Å². The number of ether oxygens (including phenoxy) is 6. The third kappa shape index (κ3) is 3.91. The van der Waals surface area contributed by atoms with Crippen LogP contribution in [-0.4, -0.2) is 54.7 Å². The second-order valence-electron chi connectivity index (χ2n) is 7.17. The Bertz CT molecular complexity index is 585. The largest absolute Gasteiger partial charge is 0.482 e. The first-order chi connectivity index (χ1) is 11.5. The lowest BCUT2D eigenvalue weighted by Crippen LogP contribution is -2.59. The lowest BCUT2D eigenvalue weighted by Gasteiger charge is -2.44. The van der Waals surface area contributed by atoms with Gasteiger partial charge in [-0.3, -0.25) is 4.79 Å².